The lowest BCUT2D eigenvalue weighted by Crippen LogP contribution is -2.14. The second kappa shape index (κ2) is 11.5. The van der Waals surface area contributed by atoms with Crippen LogP contribution in [0.1, 0.15) is 25.0 Å². The Balaban J connectivity index is 1.17. The smallest absolute Gasteiger partial charge is 0.164 e. The maximum atomic E-state index is 6.56. The van der Waals surface area contributed by atoms with Gasteiger partial charge in [-0.2, -0.15) is 0 Å². The van der Waals surface area contributed by atoms with Gasteiger partial charge in [0.25, 0.3) is 0 Å². The summed E-state index contributed by atoms with van der Waals surface area (Å²) in [5.41, 5.74) is 11.6. The van der Waals surface area contributed by atoms with Crippen molar-refractivity contribution in [1.82, 2.24) is 15.0 Å². The fourth-order valence-electron chi connectivity index (χ4n) is 8.75. The van der Waals surface area contributed by atoms with Crippen molar-refractivity contribution >= 4 is 43.5 Å². The molecule has 0 aliphatic heterocycles. The predicted molar refractivity (Wildman–Crippen MR) is 221 cm³/mol. The van der Waals surface area contributed by atoms with Gasteiger partial charge in [0.1, 0.15) is 11.2 Å². The molecule has 11 rings (SSSR count). The molecule has 2 heterocycles. The molecule has 0 fully saturated rings. The third-order valence-electron chi connectivity index (χ3n) is 11.3. The Morgan fingerprint density at radius 3 is 1.93 bits per heavy atom. The molecule has 2 aromatic heterocycles. The number of rotatable bonds is 4. The second-order valence-corrected chi connectivity index (χ2v) is 14.8. The molecule has 0 radical (unpaired) electrons. The van der Waals surface area contributed by atoms with Crippen LogP contribution in [0.5, 0.6) is 0 Å². The molecule has 254 valence electrons. The molecule has 4 heteroatoms. The van der Waals surface area contributed by atoms with Crippen molar-refractivity contribution in [1.29, 1.82) is 0 Å². The van der Waals surface area contributed by atoms with E-state index in [2.05, 4.69) is 166 Å². The summed E-state index contributed by atoms with van der Waals surface area (Å²) in [6, 6.07) is 57.7. The highest BCUT2D eigenvalue weighted by molar-refractivity contribution is 6.14. The summed E-state index contributed by atoms with van der Waals surface area (Å²) in [4.78, 5) is 15.9. The molecule has 0 unspecified atom stereocenters. The van der Waals surface area contributed by atoms with Gasteiger partial charge in [0.2, 0.25) is 0 Å². The fraction of sp³-hybridized carbons (Fsp3) is 0.0600. The molecule has 54 heavy (non-hydrogen) atoms. The molecule has 0 spiro atoms. The molecule has 1 aliphatic rings. The van der Waals surface area contributed by atoms with Gasteiger partial charge in [-0.25, -0.2) is 15.0 Å². The average molecular weight is 692 g/mol. The highest BCUT2D eigenvalue weighted by atomic mass is 16.3. The summed E-state index contributed by atoms with van der Waals surface area (Å²) < 4.78 is 6.56. The Labute approximate surface area is 312 Å². The molecule has 0 N–H and O–H groups in total. The van der Waals surface area contributed by atoms with E-state index in [9.17, 15) is 0 Å². The first-order valence-electron chi connectivity index (χ1n) is 18.4. The molecule has 0 amide bonds. The van der Waals surface area contributed by atoms with Crippen molar-refractivity contribution in [3.8, 4) is 56.4 Å². The number of aromatic nitrogens is 3. The molecular weight excluding hydrogens is 659 g/mol. The van der Waals surface area contributed by atoms with E-state index >= 15 is 0 Å². The first-order chi connectivity index (χ1) is 26.5. The summed E-state index contributed by atoms with van der Waals surface area (Å²) in [7, 11) is 0. The maximum absolute atomic E-state index is 6.56. The van der Waals surface area contributed by atoms with Gasteiger partial charge in [0.05, 0.1) is 0 Å². The van der Waals surface area contributed by atoms with E-state index in [1.165, 1.54) is 33.0 Å². The minimum atomic E-state index is -0.153. The lowest BCUT2D eigenvalue weighted by atomic mass is 9.82. The van der Waals surface area contributed by atoms with Crippen LogP contribution in [0, 0.1) is 0 Å². The molecule has 0 atom stereocenters. The first-order valence-corrected chi connectivity index (χ1v) is 18.4. The normalized spacial score (nSPS) is 13.1. The number of hydrogen-bond acceptors (Lipinski definition) is 4. The third-order valence-corrected chi connectivity index (χ3v) is 11.3. The zero-order chi connectivity index (χ0) is 36.0. The summed E-state index contributed by atoms with van der Waals surface area (Å²) in [6.07, 6.45) is 0. The number of benzene rings is 8. The van der Waals surface area contributed by atoms with E-state index < -0.39 is 0 Å². The largest absolute Gasteiger partial charge is 0.456 e. The lowest BCUT2D eigenvalue weighted by Gasteiger charge is -2.21. The van der Waals surface area contributed by atoms with Gasteiger partial charge in [-0.05, 0) is 79.2 Å². The van der Waals surface area contributed by atoms with Crippen LogP contribution in [0.4, 0.5) is 0 Å². The zero-order valence-electron chi connectivity index (χ0n) is 29.8. The quantitative estimate of drug-likeness (QED) is 0.172. The van der Waals surface area contributed by atoms with Gasteiger partial charge in [-0.3, -0.25) is 0 Å². The van der Waals surface area contributed by atoms with Crippen LogP contribution >= 0.6 is 0 Å². The topological polar surface area (TPSA) is 51.8 Å². The van der Waals surface area contributed by atoms with E-state index in [1.54, 1.807) is 0 Å². The van der Waals surface area contributed by atoms with Crippen molar-refractivity contribution < 1.29 is 4.42 Å². The van der Waals surface area contributed by atoms with Gasteiger partial charge in [0.15, 0.2) is 17.5 Å². The molecule has 0 saturated heterocycles. The van der Waals surface area contributed by atoms with Crippen molar-refractivity contribution in [3.63, 3.8) is 0 Å². The summed E-state index contributed by atoms with van der Waals surface area (Å²) in [6.45, 7) is 4.61. The van der Waals surface area contributed by atoms with Crippen molar-refractivity contribution in [3.05, 3.63) is 175 Å². The monoisotopic (exact) mass is 691 g/mol. The molecule has 0 bridgehead atoms. The molecular formula is C50H33N3O. The molecule has 1 aliphatic carbocycles. The molecule has 10 aromatic rings. The number of nitrogens with zero attached hydrogens (tertiary/aromatic N) is 3. The Hall–Kier alpha value is -6.91. The predicted octanol–water partition coefficient (Wildman–Crippen LogP) is 13.1. The second-order valence-electron chi connectivity index (χ2n) is 14.8. The summed E-state index contributed by atoms with van der Waals surface area (Å²) in [5, 5.41) is 6.78. The van der Waals surface area contributed by atoms with Crippen LogP contribution in [0.15, 0.2) is 168 Å². The SMILES string of the molecule is CC1(C)c2ccccc2-c2c(-c3nc(-c4ccc5c(c4)oc4cccc(-c6ccccc6)c45)nc(-c4cc5ccccc5c5ccccc45)n3)cccc21. The van der Waals surface area contributed by atoms with Crippen LogP contribution in [0.25, 0.3) is 99.9 Å². The van der Waals surface area contributed by atoms with Crippen molar-refractivity contribution in [2.24, 2.45) is 0 Å². The Kier molecular flexibility index (Phi) is 6.56. The minimum Gasteiger partial charge on any atom is -0.456 e. The lowest BCUT2D eigenvalue weighted by molar-refractivity contribution is 0.660. The summed E-state index contributed by atoms with van der Waals surface area (Å²) >= 11 is 0. The van der Waals surface area contributed by atoms with Crippen molar-refractivity contribution in [2.45, 2.75) is 19.3 Å². The average Bonchev–Trinajstić information content (AvgIpc) is 3.72. The molecule has 0 saturated carbocycles. The number of furan rings is 1. The van der Waals surface area contributed by atoms with Crippen molar-refractivity contribution in [2.75, 3.05) is 0 Å². The van der Waals surface area contributed by atoms with Crippen LogP contribution < -0.4 is 0 Å². The van der Waals surface area contributed by atoms with Gasteiger partial charge >= 0.3 is 0 Å². The van der Waals surface area contributed by atoms with Gasteiger partial charge < -0.3 is 4.42 Å². The van der Waals surface area contributed by atoms with E-state index in [0.29, 0.717) is 17.5 Å². The Bertz CT molecular complexity index is 3140. The number of hydrogen-bond donors (Lipinski definition) is 0. The molecule has 8 aromatic carbocycles. The maximum Gasteiger partial charge on any atom is 0.164 e. The van der Waals surface area contributed by atoms with Crippen LogP contribution in [0.2, 0.25) is 0 Å². The highest BCUT2D eigenvalue weighted by Gasteiger charge is 2.37. The summed E-state index contributed by atoms with van der Waals surface area (Å²) in [5.74, 6) is 1.88. The third kappa shape index (κ3) is 4.53. The van der Waals surface area contributed by atoms with Crippen LogP contribution in [-0.4, -0.2) is 15.0 Å². The van der Waals surface area contributed by atoms with E-state index in [0.717, 1.165) is 60.5 Å². The molecule has 4 nitrogen and oxygen atoms in total. The van der Waals surface area contributed by atoms with Gasteiger partial charge in [0, 0.05) is 32.9 Å². The van der Waals surface area contributed by atoms with E-state index in [-0.39, 0.29) is 5.41 Å². The van der Waals surface area contributed by atoms with E-state index in [1.807, 2.05) is 12.1 Å². The van der Waals surface area contributed by atoms with Gasteiger partial charge in [-0.1, -0.05) is 153 Å². The first kappa shape index (κ1) is 30.7. The Morgan fingerprint density at radius 2 is 1.06 bits per heavy atom. The highest BCUT2D eigenvalue weighted by Crippen LogP contribution is 2.52. The van der Waals surface area contributed by atoms with Gasteiger partial charge in [-0.15, -0.1) is 0 Å². The zero-order valence-corrected chi connectivity index (χ0v) is 29.8. The minimum absolute atomic E-state index is 0.153. The van der Waals surface area contributed by atoms with Crippen LogP contribution in [0.3, 0.4) is 0 Å². The number of fused-ring (bicyclic) bond motifs is 9. The van der Waals surface area contributed by atoms with Crippen LogP contribution in [-0.2, 0) is 5.41 Å². The fourth-order valence-corrected chi connectivity index (χ4v) is 8.75. The Morgan fingerprint density at radius 1 is 0.407 bits per heavy atom. The standard InChI is InChI=1S/C50H33N3O/c1-50(2)41-23-11-10-20-37(41)45-39(22-12-24-42(45)50)48-51-47(52-49(53-48)40-28-31-16-6-7-17-33(31)35-18-8-9-19-36(35)40)32-26-27-38-44(29-32)54-43-25-13-21-34(46(38)43)30-14-4-3-5-15-30/h3-29H,1-2H3. The van der Waals surface area contributed by atoms with E-state index in [4.69, 9.17) is 19.4 Å².